The van der Waals surface area contributed by atoms with Crippen molar-refractivity contribution in [2.24, 2.45) is 0 Å². The van der Waals surface area contributed by atoms with Gasteiger partial charge in [0.05, 0.1) is 12.2 Å². The van der Waals surface area contributed by atoms with Crippen molar-refractivity contribution < 1.29 is 9.32 Å². The number of benzene rings is 1. The second-order valence-corrected chi connectivity index (χ2v) is 5.24. The van der Waals surface area contributed by atoms with E-state index in [0.29, 0.717) is 11.7 Å². The summed E-state index contributed by atoms with van der Waals surface area (Å²) in [6.45, 7) is 4.17. The third-order valence-electron chi connectivity index (χ3n) is 3.33. The van der Waals surface area contributed by atoms with Gasteiger partial charge in [0.15, 0.2) is 0 Å². The van der Waals surface area contributed by atoms with Gasteiger partial charge < -0.3 is 9.84 Å². The van der Waals surface area contributed by atoms with Gasteiger partial charge in [-0.1, -0.05) is 35.5 Å². The number of aromatic nitrogens is 4. The van der Waals surface area contributed by atoms with Gasteiger partial charge in [0.1, 0.15) is 6.54 Å². The molecule has 23 heavy (non-hydrogen) atoms. The van der Waals surface area contributed by atoms with Crippen LogP contribution in [0.5, 0.6) is 0 Å². The zero-order chi connectivity index (χ0) is 16.2. The Labute approximate surface area is 133 Å². The molecule has 3 aromatic rings. The van der Waals surface area contributed by atoms with Crippen LogP contribution in [0, 0.1) is 13.8 Å². The van der Waals surface area contributed by atoms with E-state index in [-0.39, 0.29) is 19.0 Å². The van der Waals surface area contributed by atoms with Crippen molar-refractivity contribution in [2.75, 3.05) is 0 Å². The lowest BCUT2D eigenvalue weighted by atomic mass is 10.2. The molecule has 118 valence electrons. The molecule has 0 saturated heterocycles. The van der Waals surface area contributed by atoms with Crippen molar-refractivity contribution in [2.45, 2.75) is 26.9 Å². The first-order valence-electron chi connectivity index (χ1n) is 7.27. The van der Waals surface area contributed by atoms with Gasteiger partial charge in [-0.3, -0.25) is 9.48 Å². The average Bonchev–Trinajstić information content (AvgIpc) is 3.13. The van der Waals surface area contributed by atoms with Crippen LogP contribution in [0.15, 0.2) is 40.9 Å². The number of hydrogen-bond acceptors (Lipinski definition) is 5. The smallest absolute Gasteiger partial charge is 0.246 e. The summed E-state index contributed by atoms with van der Waals surface area (Å²) in [5.74, 6) is 0.717. The Morgan fingerprint density at radius 3 is 2.74 bits per heavy atom. The molecular formula is C16H17N5O2. The van der Waals surface area contributed by atoms with Gasteiger partial charge in [0.25, 0.3) is 0 Å². The van der Waals surface area contributed by atoms with Crippen molar-refractivity contribution in [1.82, 2.24) is 25.2 Å². The quantitative estimate of drug-likeness (QED) is 0.777. The number of hydrogen-bond donors (Lipinski definition) is 1. The molecule has 7 nitrogen and oxygen atoms in total. The van der Waals surface area contributed by atoms with Crippen molar-refractivity contribution >= 4 is 5.91 Å². The van der Waals surface area contributed by atoms with Crippen LogP contribution >= 0.6 is 0 Å². The van der Waals surface area contributed by atoms with Crippen LogP contribution < -0.4 is 5.32 Å². The molecule has 0 spiro atoms. The summed E-state index contributed by atoms with van der Waals surface area (Å²) >= 11 is 0. The fraction of sp³-hybridized carbons (Fsp3) is 0.250. The number of aryl methyl sites for hydroxylation is 2. The van der Waals surface area contributed by atoms with E-state index in [1.54, 1.807) is 4.68 Å². The molecule has 1 amide bonds. The van der Waals surface area contributed by atoms with Crippen LogP contribution in [-0.2, 0) is 17.9 Å². The fourth-order valence-corrected chi connectivity index (χ4v) is 2.23. The Morgan fingerprint density at radius 2 is 2.04 bits per heavy atom. The van der Waals surface area contributed by atoms with Gasteiger partial charge in [0, 0.05) is 11.3 Å². The van der Waals surface area contributed by atoms with Crippen LogP contribution in [0.3, 0.4) is 0 Å². The maximum absolute atomic E-state index is 12.0. The van der Waals surface area contributed by atoms with E-state index in [9.17, 15) is 4.79 Å². The highest BCUT2D eigenvalue weighted by atomic mass is 16.5. The first-order chi connectivity index (χ1) is 11.1. The highest BCUT2D eigenvalue weighted by Gasteiger charge is 2.11. The fourth-order valence-electron chi connectivity index (χ4n) is 2.23. The molecule has 0 fully saturated rings. The molecule has 0 unspecified atom stereocenters. The molecule has 0 atom stereocenters. The summed E-state index contributed by atoms with van der Waals surface area (Å²) in [7, 11) is 0. The zero-order valence-electron chi connectivity index (χ0n) is 13.0. The van der Waals surface area contributed by atoms with Gasteiger partial charge in [-0.2, -0.15) is 10.1 Å². The highest BCUT2D eigenvalue weighted by molar-refractivity contribution is 5.75. The number of carbonyl (C=O) groups excluding carboxylic acids is 1. The lowest BCUT2D eigenvalue weighted by molar-refractivity contribution is -0.122. The molecular weight excluding hydrogens is 294 g/mol. The third-order valence-corrected chi connectivity index (χ3v) is 3.33. The highest BCUT2D eigenvalue weighted by Crippen LogP contribution is 2.14. The molecule has 0 aliphatic rings. The van der Waals surface area contributed by atoms with Crippen LogP contribution in [0.25, 0.3) is 11.4 Å². The molecule has 0 aliphatic carbocycles. The number of nitrogens with one attached hydrogen (secondary N) is 1. The van der Waals surface area contributed by atoms with Gasteiger partial charge >= 0.3 is 0 Å². The average molecular weight is 311 g/mol. The first kappa shape index (κ1) is 15.0. The van der Waals surface area contributed by atoms with Crippen LogP contribution in [0.2, 0.25) is 0 Å². The molecule has 0 saturated carbocycles. The molecule has 2 heterocycles. The van der Waals surface area contributed by atoms with E-state index in [2.05, 4.69) is 20.6 Å². The predicted octanol–water partition coefficient (Wildman–Crippen LogP) is 1.87. The van der Waals surface area contributed by atoms with Crippen molar-refractivity contribution in [1.29, 1.82) is 0 Å². The standard InChI is InChI=1S/C16H17N5O2/c1-11-8-12(2)21(19-11)10-14(22)17-9-15-18-16(20-23-15)13-6-4-3-5-7-13/h3-8H,9-10H2,1-2H3,(H,17,22). The summed E-state index contributed by atoms with van der Waals surface area (Å²) in [5.41, 5.74) is 2.71. The predicted molar refractivity (Wildman–Crippen MR) is 83.3 cm³/mol. The Bertz CT molecular complexity index is 807. The van der Waals surface area contributed by atoms with Gasteiger partial charge in [0.2, 0.25) is 17.6 Å². The van der Waals surface area contributed by atoms with Crippen LogP contribution in [-0.4, -0.2) is 25.8 Å². The number of carbonyl (C=O) groups is 1. The van der Waals surface area contributed by atoms with Gasteiger partial charge in [-0.15, -0.1) is 0 Å². The minimum absolute atomic E-state index is 0.157. The van der Waals surface area contributed by atoms with Crippen LogP contribution in [0.4, 0.5) is 0 Å². The van der Waals surface area contributed by atoms with Crippen molar-refractivity contribution in [3.05, 3.63) is 53.7 Å². The lowest BCUT2D eigenvalue weighted by Crippen LogP contribution is -2.28. The topological polar surface area (TPSA) is 85.8 Å². The van der Waals surface area contributed by atoms with Crippen molar-refractivity contribution in [3.8, 4) is 11.4 Å². The number of nitrogens with zero attached hydrogens (tertiary/aromatic N) is 4. The van der Waals surface area contributed by atoms with E-state index in [1.165, 1.54) is 0 Å². The molecule has 3 rings (SSSR count). The van der Waals surface area contributed by atoms with Gasteiger partial charge in [-0.05, 0) is 19.9 Å². The second-order valence-electron chi connectivity index (χ2n) is 5.24. The van der Waals surface area contributed by atoms with E-state index in [0.717, 1.165) is 17.0 Å². The van der Waals surface area contributed by atoms with Crippen molar-refractivity contribution in [3.63, 3.8) is 0 Å². The molecule has 0 radical (unpaired) electrons. The van der Waals surface area contributed by atoms with E-state index < -0.39 is 0 Å². The Hall–Kier alpha value is -2.96. The Morgan fingerprint density at radius 1 is 1.26 bits per heavy atom. The summed E-state index contributed by atoms with van der Waals surface area (Å²) in [5, 5.41) is 10.9. The Kier molecular flexibility index (Phi) is 4.18. The SMILES string of the molecule is Cc1cc(C)n(CC(=O)NCc2nc(-c3ccccc3)no2)n1. The van der Waals surface area contributed by atoms with Crippen LogP contribution in [0.1, 0.15) is 17.3 Å². The van der Waals surface area contributed by atoms with E-state index in [1.807, 2.05) is 50.2 Å². The van der Waals surface area contributed by atoms with Gasteiger partial charge in [-0.25, -0.2) is 0 Å². The number of rotatable bonds is 5. The van der Waals surface area contributed by atoms with E-state index >= 15 is 0 Å². The third kappa shape index (κ3) is 3.63. The lowest BCUT2D eigenvalue weighted by Gasteiger charge is -2.04. The Balaban J connectivity index is 1.57. The largest absolute Gasteiger partial charge is 0.345 e. The zero-order valence-corrected chi connectivity index (χ0v) is 13.0. The summed E-state index contributed by atoms with van der Waals surface area (Å²) in [6.07, 6.45) is 0. The summed E-state index contributed by atoms with van der Waals surface area (Å²) in [6, 6.07) is 11.5. The molecule has 7 heteroatoms. The monoisotopic (exact) mass is 311 g/mol. The summed E-state index contributed by atoms with van der Waals surface area (Å²) < 4.78 is 6.81. The second kappa shape index (κ2) is 6.43. The molecule has 1 N–H and O–H groups in total. The minimum Gasteiger partial charge on any atom is -0.345 e. The normalized spacial score (nSPS) is 10.7. The minimum atomic E-state index is -0.157. The molecule has 1 aromatic carbocycles. The summed E-state index contributed by atoms with van der Waals surface area (Å²) in [4.78, 5) is 16.2. The molecule has 0 aliphatic heterocycles. The number of amides is 1. The molecule has 2 aromatic heterocycles. The maximum atomic E-state index is 12.0. The first-order valence-corrected chi connectivity index (χ1v) is 7.27. The van der Waals surface area contributed by atoms with E-state index in [4.69, 9.17) is 4.52 Å². The molecule has 0 bridgehead atoms. The maximum Gasteiger partial charge on any atom is 0.246 e.